The first kappa shape index (κ1) is 12.0. The fourth-order valence-corrected chi connectivity index (χ4v) is 2.45. The lowest BCUT2D eigenvalue weighted by Gasteiger charge is -2.19. The number of aryl methyl sites for hydroxylation is 1. The normalized spacial score (nSPS) is 23.6. The lowest BCUT2D eigenvalue weighted by molar-refractivity contribution is 0.0928. The number of nitrogens with zero attached hydrogens (tertiary/aromatic N) is 1. The minimum Gasteiger partial charge on any atom is -0.349 e. The van der Waals surface area contributed by atoms with Gasteiger partial charge < -0.3 is 11.1 Å². The minimum absolute atomic E-state index is 0.0131. The van der Waals surface area contributed by atoms with Gasteiger partial charge in [0.1, 0.15) is 0 Å². The number of carbonyl (C=O) groups excluding carboxylic acids is 1. The van der Waals surface area contributed by atoms with Crippen LogP contribution in [0.4, 0.5) is 0 Å². The van der Waals surface area contributed by atoms with Gasteiger partial charge in [0.15, 0.2) is 0 Å². The summed E-state index contributed by atoms with van der Waals surface area (Å²) in [6.07, 6.45) is 4.98. The highest BCUT2D eigenvalue weighted by Crippen LogP contribution is 2.24. The second-order valence-electron chi connectivity index (χ2n) is 4.69. The summed E-state index contributed by atoms with van der Waals surface area (Å²) in [4.78, 5) is 16.1. The predicted octanol–water partition coefficient (Wildman–Crippen LogP) is 1.25. The summed E-state index contributed by atoms with van der Waals surface area (Å²) < 4.78 is 0. The van der Waals surface area contributed by atoms with E-state index in [2.05, 4.69) is 10.3 Å². The Morgan fingerprint density at radius 3 is 3.12 bits per heavy atom. The van der Waals surface area contributed by atoms with Crippen LogP contribution in [0.3, 0.4) is 0 Å². The second-order valence-corrected chi connectivity index (χ2v) is 4.69. The molecule has 2 unspecified atom stereocenters. The molecule has 17 heavy (non-hydrogen) atoms. The van der Waals surface area contributed by atoms with E-state index in [0.717, 1.165) is 25.0 Å². The van der Waals surface area contributed by atoms with Crippen molar-refractivity contribution in [1.29, 1.82) is 0 Å². The van der Waals surface area contributed by atoms with Crippen molar-refractivity contribution in [2.45, 2.75) is 32.2 Å². The zero-order valence-electron chi connectivity index (χ0n) is 10.1. The van der Waals surface area contributed by atoms with Crippen molar-refractivity contribution in [3.63, 3.8) is 0 Å². The molecule has 2 atom stereocenters. The molecule has 0 bridgehead atoms. The summed E-state index contributed by atoms with van der Waals surface area (Å²) in [6.45, 7) is 2.54. The molecule has 92 valence electrons. The molecule has 0 radical (unpaired) electrons. The highest BCUT2D eigenvalue weighted by atomic mass is 16.1. The van der Waals surface area contributed by atoms with E-state index >= 15 is 0 Å². The number of hydrogen-bond donors (Lipinski definition) is 2. The highest BCUT2D eigenvalue weighted by molar-refractivity contribution is 5.94. The molecule has 0 aromatic carbocycles. The zero-order valence-corrected chi connectivity index (χ0v) is 10.1. The Morgan fingerprint density at radius 1 is 1.59 bits per heavy atom. The van der Waals surface area contributed by atoms with E-state index in [1.165, 1.54) is 0 Å². The minimum atomic E-state index is -0.0131. The van der Waals surface area contributed by atoms with Gasteiger partial charge >= 0.3 is 0 Å². The smallest absolute Gasteiger partial charge is 0.251 e. The van der Waals surface area contributed by atoms with Crippen LogP contribution in [0.2, 0.25) is 0 Å². The monoisotopic (exact) mass is 233 g/mol. The molecule has 4 heteroatoms. The van der Waals surface area contributed by atoms with Crippen molar-refractivity contribution in [2.75, 3.05) is 6.54 Å². The second kappa shape index (κ2) is 5.27. The SMILES string of the molecule is Cc1cc(C(=O)NC2CCCC2CN)ccn1. The van der Waals surface area contributed by atoms with Crippen LogP contribution in [0.25, 0.3) is 0 Å². The lowest BCUT2D eigenvalue weighted by Crippen LogP contribution is -2.39. The van der Waals surface area contributed by atoms with Crippen molar-refractivity contribution in [3.05, 3.63) is 29.6 Å². The lowest BCUT2D eigenvalue weighted by atomic mass is 10.0. The molecule has 1 amide bonds. The topological polar surface area (TPSA) is 68.0 Å². The molecule has 0 saturated heterocycles. The Labute approximate surface area is 102 Å². The third-order valence-electron chi connectivity index (χ3n) is 3.44. The summed E-state index contributed by atoms with van der Waals surface area (Å²) in [7, 11) is 0. The van der Waals surface area contributed by atoms with Crippen LogP contribution in [-0.2, 0) is 0 Å². The van der Waals surface area contributed by atoms with Crippen molar-refractivity contribution >= 4 is 5.91 Å². The molecule has 4 nitrogen and oxygen atoms in total. The Hall–Kier alpha value is -1.42. The number of nitrogens with one attached hydrogen (secondary N) is 1. The van der Waals surface area contributed by atoms with Gasteiger partial charge in [0.2, 0.25) is 0 Å². The number of carbonyl (C=O) groups is 1. The zero-order chi connectivity index (χ0) is 12.3. The van der Waals surface area contributed by atoms with Gasteiger partial charge in [0.05, 0.1) is 0 Å². The third-order valence-corrected chi connectivity index (χ3v) is 3.44. The molecule has 1 aliphatic rings. The van der Waals surface area contributed by atoms with E-state index in [1.54, 1.807) is 12.3 Å². The molecule has 3 N–H and O–H groups in total. The predicted molar refractivity (Wildman–Crippen MR) is 66.6 cm³/mol. The summed E-state index contributed by atoms with van der Waals surface area (Å²) in [5, 5.41) is 3.08. The van der Waals surface area contributed by atoms with E-state index in [0.29, 0.717) is 18.0 Å². The Morgan fingerprint density at radius 2 is 2.41 bits per heavy atom. The van der Waals surface area contributed by atoms with Gasteiger partial charge in [0.25, 0.3) is 5.91 Å². The molecule has 2 rings (SSSR count). The van der Waals surface area contributed by atoms with Crippen LogP contribution < -0.4 is 11.1 Å². The van der Waals surface area contributed by atoms with Crippen molar-refractivity contribution in [3.8, 4) is 0 Å². The maximum atomic E-state index is 12.0. The first-order valence-corrected chi connectivity index (χ1v) is 6.14. The van der Waals surface area contributed by atoms with Crippen LogP contribution in [0.15, 0.2) is 18.3 Å². The first-order chi connectivity index (χ1) is 8.20. The molecular weight excluding hydrogens is 214 g/mol. The Balaban J connectivity index is 2.01. The molecule has 1 aromatic heterocycles. The quantitative estimate of drug-likeness (QED) is 0.825. The average Bonchev–Trinajstić information content (AvgIpc) is 2.76. The van der Waals surface area contributed by atoms with Crippen molar-refractivity contribution in [1.82, 2.24) is 10.3 Å². The summed E-state index contributed by atoms with van der Waals surface area (Å²) >= 11 is 0. The van der Waals surface area contributed by atoms with E-state index in [-0.39, 0.29) is 11.9 Å². The average molecular weight is 233 g/mol. The maximum absolute atomic E-state index is 12.0. The Bertz CT molecular complexity index is 405. The van der Waals surface area contributed by atoms with Crippen LogP contribution >= 0.6 is 0 Å². The number of nitrogens with two attached hydrogens (primary N) is 1. The fourth-order valence-electron chi connectivity index (χ4n) is 2.45. The summed E-state index contributed by atoms with van der Waals surface area (Å²) in [5.74, 6) is 0.419. The van der Waals surface area contributed by atoms with Gasteiger partial charge in [-0.1, -0.05) is 6.42 Å². The van der Waals surface area contributed by atoms with E-state index in [9.17, 15) is 4.79 Å². The molecule has 1 aliphatic carbocycles. The van der Waals surface area contributed by atoms with Gasteiger partial charge in [-0.05, 0) is 44.4 Å². The fraction of sp³-hybridized carbons (Fsp3) is 0.538. The number of aromatic nitrogens is 1. The van der Waals surface area contributed by atoms with Gasteiger partial charge in [-0.2, -0.15) is 0 Å². The van der Waals surface area contributed by atoms with E-state index < -0.39 is 0 Å². The Kier molecular flexibility index (Phi) is 3.74. The van der Waals surface area contributed by atoms with Crippen molar-refractivity contribution in [2.24, 2.45) is 11.7 Å². The molecule has 1 heterocycles. The van der Waals surface area contributed by atoms with Crippen LogP contribution in [0.1, 0.15) is 35.3 Å². The number of rotatable bonds is 3. The number of hydrogen-bond acceptors (Lipinski definition) is 3. The maximum Gasteiger partial charge on any atom is 0.251 e. The molecular formula is C13H19N3O. The largest absolute Gasteiger partial charge is 0.349 e. The van der Waals surface area contributed by atoms with Gasteiger partial charge in [-0.25, -0.2) is 0 Å². The molecule has 1 saturated carbocycles. The van der Waals surface area contributed by atoms with Crippen LogP contribution in [-0.4, -0.2) is 23.5 Å². The number of amides is 1. The van der Waals surface area contributed by atoms with Gasteiger partial charge in [-0.15, -0.1) is 0 Å². The van der Waals surface area contributed by atoms with Crippen LogP contribution in [0, 0.1) is 12.8 Å². The molecule has 0 spiro atoms. The van der Waals surface area contributed by atoms with E-state index in [1.807, 2.05) is 13.0 Å². The van der Waals surface area contributed by atoms with Gasteiger partial charge in [-0.3, -0.25) is 9.78 Å². The van der Waals surface area contributed by atoms with Crippen LogP contribution in [0.5, 0.6) is 0 Å². The van der Waals surface area contributed by atoms with Crippen molar-refractivity contribution < 1.29 is 4.79 Å². The van der Waals surface area contributed by atoms with E-state index in [4.69, 9.17) is 5.73 Å². The summed E-state index contributed by atoms with van der Waals surface area (Å²) in [5.41, 5.74) is 7.24. The third kappa shape index (κ3) is 2.82. The summed E-state index contributed by atoms with van der Waals surface area (Å²) in [6, 6.07) is 3.79. The number of pyridine rings is 1. The first-order valence-electron chi connectivity index (χ1n) is 6.14. The molecule has 1 aromatic rings. The standard InChI is InChI=1S/C13H19N3O/c1-9-7-10(5-6-15-9)13(17)16-12-4-2-3-11(12)8-14/h5-7,11-12H,2-4,8,14H2,1H3,(H,16,17). The molecule has 1 fully saturated rings. The molecule has 0 aliphatic heterocycles. The highest BCUT2D eigenvalue weighted by Gasteiger charge is 2.27. The van der Waals surface area contributed by atoms with Gasteiger partial charge in [0, 0.05) is 23.5 Å².